The molecule has 2 aromatic carbocycles. The summed E-state index contributed by atoms with van der Waals surface area (Å²) in [5.74, 6) is -0.767. The number of rotatable bonds is 5. The number of allylic oxidation sites excluding steroid dienone is 1. The molecule has 1 unspecified atom stereocenters. The van der Waals surface area contributed by atoms with Gasteiger partial charge in [0.25, 0.3) is 11.5 Å². The van der Waals surface area contributed by atoms with Crippen LogP contribution in [0.5, 0.6) is 0 Å². The number of carbonyl (C=O) groups is 2. The molecular formula is C27H24ClN3O4S. The van der Waals surface area contributed by atoms with Crippen LogP contribution in [0.15, 0.2) is 69.6 Å². The Morgan fingerprint density at radius 1 is 1.11 bits per heavy atom. The number of para-hydroxylation sites is 1. The number of aromatic nitrogens is 1. The highest BCUT2D eigenvalue weighted by Gasteiger charge is 2.37. The summed E-state index contributed by atoms with van der Waals surface area (Å²) in [5, 5.41) is 0.411. The SMILES string of the molecule is CCCN1C(=O)C(=c2sc3n(c2=O)C(c2ccccc2Cl)C(C(=O)OCC)=C(C)N=3)c2ccccc21. The molecule has 0 N–H and O–H groups in total. The fraction of sp³-hybridized carbons (Fsp3) is 0.259. The number of anilines is 1. The van der Waals surface area contributed by atoms with Crippen molar-refractivity contribution in [2.75, 3.05) is 18.1 Å². The van der Waals surface area contributed by atoms with Crippen molar-refractivity contribution in [3.05, 3.63) is 95.6 Å². The van der Waals surface area contributed by atoms with Gasteiger partial charge in [0, 0.05) is 17.1 Å². The Morgan fingerprint density at radius 2 is 1.83 bits per heavy atom. The number of esters is 1. The summed E-state index contributed by atoms with van der Waals surface area (Å²) >= 11 is 7.72. The first-order valence-corrected chi connectivity index (χ1v) is 13.0. The molecule has 1 aromatic heterocycles. The van der Waals surface area contributed by atoms with E-state index in [-0.39, 0.29) is 18.1 Å². The number of nitrogens with zero attached hydrogens (tertiary/aromatic N) is 3. The predicted molar refractivity (Wildman–Crippen MR) is 140 cm³/mol. The van der Waals surface area contributed by atoms with Crippen LogP contribution in [0.3, 0.4) is 0 Å². The molecule has 3 heterocycles. The number of amides is 1. The van der Waals surface area contributed by atoms with Crippen molar-refractivity contribution in [3.63, 3.8) is 0 Å². The molecule has 2 aliphatic heterocycles. The minimum absolute atomic E-state index is 0.179. The molecule has 2 aliphatic rings. The lowest BCUT2D eigenvalue weighted by molar-refractivity contribution is -0.139. The monoisotopic (exact) mass is 521 g/mol. The minimum Gasteiger partial charge on any atom is -0.463 e. The van der Waals surface area contributed by atoms with Gasteiger partial charge in [-0.2, -0.15) is 0 Å². The fourth-order valence-electron chi connectivity index (χ4n) is 4.78. The van der Waals surface area contributed by atoms with Crippen LogP contribution in [0.4, 0.5) is 5.69 Å². The van der Waals surface area contributed by atoms with Crippen LogP contribution in [0.25, 0.3) is 5.57 Å². The number of thiazole rings is 1. The quantitative estimate of drug-likeness (QED) is 0.481. The maximum atomic E-state index is 14.1. The van der Waals surface area contributed by atoms with Crippen molar-refractivity contribution in [2.45, 2.75) is 33.2 Å². The van der Waals surface area contributed by atoms with Gasteiger partial charge < -0.3 is 9.64 Å². The molecule has 0 radical (unpaired) electrons. The first-order valence-electron chi connectivity index (χ1n) is 11.8. The number of carbonyl (C=O) groups excluding carboxylic acids is 2. The second kappa shape index (κ2) is 9.52. The number of ether oxygens (including phenoxy) is 1. The summed E-state index contributed by atoms with van der Waals surface area (Å²) < 4.78 is 7.09. The highest BCUT2D eigenvalue weighted by molar-refractivity contribution is 7.07. The Bertz CT molecular complexity index is 1620. The summed E-state index contributed by atoms with van der Waals surface area (Å²) in [4.78, 5) is 47.4. The van der Waals surface area contributed by atoms with Crippen molar-refractivity contribution in [3.8, 4) is 0 Å². The van der Waals surface area contributed by atoms with E-state index in [9.17, 15) is 14.4 Å². The second-order valence-electron chi connectivity index (χ2n) is 8.49. The minimum atomic E-state index is -0.832. The van der Waals surface area contributed by atoms with Crippen LogP contribution in [0.2, 0.25) is 5.02 Å². The van der Waals surface area contributed by atoms with E-state index in [1.54, 1.807) is 43.0 Å². The van der Waals surface area contributed by atoms with Crippen LogP contribution in [0.1, 0.15) is 44.4 Å². The molecule has 5 rings (SSSR count). The van der Waals surface area contributed by atoms with Gasteiger partial charge in [-0.15, -0.1) is 0 Å². The van der Waals surface area contributed by atoms with Gasteiger partial charge in [-0.1, -0.05) is 66.3 Å². The van der Waals surface area contributed by atoms with E-state index in [2.05, 4.69) is 4.99 Å². The van der Waals surface area contributed by atoms with Crippen molar-refractivity contribution in [1.82, 2.24) is 4.57 Å². The summed E-state index contributed by atoms with van der Waals surface area (Å²) in [6.07, 6.45) is 0.781. The third-order valence-corrected chi connectivity index (χ3v) is 7.69. The second-order valence-corrected chi connectivity index (χ2v) is 9.88. The first-order chi connectivity index (χ1) is 17.4. The van der Waals surface area contributed by atoms with Gasteiger partial charge in [-0.25, -0.2) is 9.79 Å². The average molecular weight is 522 g/mol. The third-order valence-electron chi connectivity index (χ3n) is 6.29. The molecule has 3 aromatic rings. The Balaban J connectivity index is 1.83. The highest BCUT2D eigenvalue weighted by Crippen LogP contribution is 2.36. The van der Waals surface area contributed by atoms with Crippen LogP contribution >= 0.6 is 22.9 Å². The van der Waals surface area contributed by atoms with Gasteiger partial charge >= 0.3 is 5.97 Å². The number of hydrogen-bond donors (Lipinski definition) is 0. The maximum Gasteiger partial charge on any atom is 0.338 e. The van der Waals surface area contributed by atoms with Crippen LogP contribution in [0, 0.1) is 0 Å². The standard InChI is InChI=1S/C27H24ClN3O4S/c1-4-14-30-19-13-9-7-11-17(19)21(24(30)32)23-25(33)31-22(16-10-6-8-12-18(16)28)20(26(34)35-5-2)15(3)29-27(31)36-23/h6-13,22H,4-5,14H2,1-3H3. The molecule has 7 nitrogen and oxygen atoms in total. The molecule has 0 saturated carbocycles. The highest BCUT2D eigenvalue weighted by atomic mass is 35.5. The fourth-order valence-corrected chi connectivity index (χ4v) is 6.15. The zero-order chi connectivity index (χ0) is 25.6. The number of halogens is 1. The lowest BCUT2D eigenvalue weighted by Crippen LogP contribution is -2.41. The van der Waals surface area contributed by atoms with Crippen LogP contribution in [-0.4, -0.2) is 29.6 Å². The predicted octanol–water partition coefficient (Wildman–Crippen LogP) is 3.58. The van der Waals surface area contributed by atoms with Gasteiger partial charge in [0.2, 0.25) is 0 Å². The molecule has 0 spiro atoms. The van der Waals surface area contributed by atoms with Crippen LogP contribution in [-0.2, 0) is 14.3 Å². The van der Waals surface area contributed by atoms with Gasteiger partial charge in [0.1, 0.15) is 10.6 Å². The smallest absolute Gasteiger partial charge is 0.338 e. The molecule has 0 saturated heterocycles. The Hall–Kier alpha value is -3.49. The van der Waals surface area contributed by atoms with E-state index < -0.39 is 17.6 Å². The average Bonchev–Trinajstić information content (AvgIpc) is 3.32. The summed E-state index contributed by atoms with van der Waals surface area (Å²) in [5.41, 5.74) is 2.75. The zero-order valence-corrected chi connectivity index (χ0v) is 21.7. The van der Waals surface area contributed by atoms with E-state index in [1.165, 1.54) is 4.57 Å². The molecule has 1 amide bonds. The van der Waals surface area contributed by atoms with E-state index in [1.807, 2.05) is 31.2 Å². The number of hydrogen-bond acceptors (Lipinski definition) is 6. The topological polar surface area (TPSA) is 81.0 Å². The number of benzene rings is 2. The first kappa shape index (κ1) is 24.2. The Kier molecular flexibility index (Phi) is 6.40. The van der Waals surface area contributed by atoms with Crippen molar-refractivity contribution in [2.24, 2.45) is 4.99 Å². The molecule has 1 atom stereocenters. The summed E-state index contributed by atoms with van der Waals surface area (Å²) in [6, 6.07) is 13.7. The molecule has 0 aliphatic carbocycles. The summed E-state index contributed by atoms with van der Waals surface area (Å²) in [7, 11) is 0. The lowest BCUT2D eigenvalue weighted by Gasteiger charge is -2.25. The number of fused-ring (bicyclic) bond motifs is 2. The van der Waals surface area contributed by atoms with Crippen molar-refractivity contribution in [1.29, 1.82) is 0 Å². The van der Waals surface area contributed by atoms with E-state index in [0.29, 0.717) is 37.7 Å². The van der Waals surface area contributed by atoms with Crippen molar-refractivity contribution >= 4 is 46.1 Å². The molecule has 36 heavy (non-hydrogen) atoms. The van der Waals surface area contributed by atoms with Gasteiger partial charge in [-0.05, 0) is 38.0 Å². The van der Waals surface area contributed by atoms with E-state index in [0.717, 1.165) is 29.0 Å². The van der Waals surface area contributed by atoms with Crippen LogP contribution < -0.4 is 19.8 Å². The van der Waals surface area contributed by atoms with Gasteiger partial charge in [0.05, 0.1) is 29.1 Å². The normalized spacial score (nSPS) is 18.2. The molecule has 184 valence electrons. The third kappa shape index (κ3) is 3.72. The largest absolute Gasteiger partial charge is 0.463 e. The lowest BCUT2D eigenvalue weighted by atomic mass is 9.96. The zero-order valence-electron chi connectivity index (χ0n) is 20.1. The Morgan fingerprint density at radius 3 is 2.56 bits per heavy atom. The maximum absolute atomic E-state index is 14.1. The van der Waals surface area contributed by atoms with Gasteiger partial charge in [0.15, 0.2) is 4.80 Å². The molecule has 0 bridgehead atoms. The van der Waals surface area contributed by atoms with E-state index >= 15 is 0 Å². The van der Waals surface area contributed by atoms with E-state index in [4.69, 9.17) is 16.3 Å². The Labute approximate surface area is 216 Å². The molecule has 9 heteroatoms. The van der Waals surface area contributed by atoms with Gasteiger partial charge in [-0.3, -0.25) is 14.2 Å². The summed E-state index contributed by atoms with van der Waals surface area (Å²) in [6.45, 7) is 6.17. The molecular weight excluding hydrogens is 498 g/mol. The van der Waals surface area contributed by atoms with Crippen molar-refractivity contribution < 1.29 is 14.3 Å². The molecule has 0 fully saturated rings.